The Morgan fingerprint density at radius 1 is 1.00 bits per heavy atom. The van der Waals surface area contributed by atoms with Crippen LogP contribution in [0.25, 0.3) is 0 Å². The third kappa shape index (κ3) is 3.23. The van der Waals surface area contributed by atoms with E-state index in [-0.39, 0.29) is 12.1 Å². The van der Waals surface area contributed by atoms with Crippen LogP contribution in [0.4, 0.5) is 18.9 Å². The molecular weight excluding hydrogens is 289 g/mol. The van der Waals surface area contributed by atoms with Crippen LogP contribution >= 0.6 is 11.6 Å². The van der Waals surface area contributed by atoms with Crippen molar-refractivity contribution >= 4 is 17.3 Å². The number of nitrogens with one attached hydrogen (secondary N) is 1. The van der Waals surface area contributed by atoms with E-state index in [0.717, 1.165) is 6.07 Å². The van der Waals surface area contributed by atoms with Crippen LogP contribution in [0.15, 0.2) is 36.4 Å². The zero-order chi connectivity index (χ0) is 14.7. The van der Waals surface area contributed by atoms with E-state index >= 15 is 0 Å². The minimum Gasteiger partial charge on any atom is -0.377 e. The molecular formula is C14H12ClF3N2. The van der Waals surface area contributed by atoms with Gasteiger partial charge in [0.05, 0.1) is 6.04 Å². The van der Waals surface area contributed by atoms with Crippen molar-refractivity contribution < 1.29 is 13.2 Å². The molecule has 2 aromatic carbocycles. The molecule has 0 fully saturated rings. The average molecular weight is 301 g/mol. The van der Waals surface area contributed by atoms with Crippen molar-refractivity contribution in [1.29, 1.82) is 0 Å². The van der Waals surface area contributed by atoms with Gasteiger partial charge in [-0.3, -0.25) is 0 Å². The summed E-state index contributed by atoms with van der Waals surface area (Å²) in [7, 11) is 0. The molecule has 20 heavy (non-hydrogen) atoms. The summed E-state index contributed by atoms with van der Waals surface area (Å²) in [5.74, 6) is -3.19. The zero-order valence-corrected chi connectivity index (χ0v) is 11.1. The summed E-state index contributed by atoms with van der Waals surface area (Å²) in [6.07, 6.45) is 0. The van der Waals surface area contributed by atoms with Gasteiger partial charge >= 0.3 is 0 Å². The van der Waals surface area contributed by atoms with Gasteiger partial charge in [0.1, 0.15) is 5.82 Å². The maximum atomic E-state index is 13.7. The van der Waals surface area contributed by atoms with Gasteiger partial charge in [0.25, 0.3) is 0 Å². The second kappa shape index (κ2) is 6.15. The molecule has 2 nitrogen and oxygen atoms in total. The fourth-order valence-electron chi connectivity index (χ4n) is 1.82. The van der Waals surface area contributed by atoms with E-state index in [4.69, 9.17) is 17.3 Å². The zero-order valence-electron chi connectivity index (χ0n) is 10.3. The molecule has 0 radical (unpaired) electrons. The molecule has 0 spiro atoms. The van der Waals surface area contributed by atoms with E-state index < -0.39 is 23.5 Å². The summed E-state index contributed by atoms with van der Waals surface area (Å²) >= 11 is 5.76. The molecule has 1 atom stereocenters. The number of nitrogens with two attached hydrogens (primary N) is 1. The van der Waals surface area contributed by atoms with Gasteiger partial charge in [0.15, 0.2) is 11.6 Å². The van der Waals surface area contributed by atoms with Crippen LogP contribution in [0.2, 0.25) is 5.02 Å². The number of halogens is 4. The Bertz CT molecular complexity index is 602. The highest BCUT2D eigenvalue weighted by Gasteiger charge is 2.17. The molecule has 1 unspecified atom stereocenters. The Kier molecular flexibility index (Phi) is 4.52. The molecule has 6 heteroatoms. The van der Waals surface area contributed by atoms with E-state index in [1.807, 2.05) is 0 Å². The Morgan fingerprint density at radius 2 is 1.60 bits per heavy atom. The topological polar surface area (TPSA) is 38.0 Å². The minimum absolute atomic E-state index is 0.0185. The second-order valence-corrected chi connectivity index (χ2v) is 4.66. The molecule has 0 saturated heterocycles. The second-order valence-electron chi connectivity index (χ2n) is 4.23. The lowest BCUT2D eigenvalue weighted by molar-refractivity contribution is 0.486. The van der Waals surface area contributed by atoms with Gasteiger partial charge in [0.2, 0.25) is 0 Å². The van der Waals surface area contributed by atoms with Crippen molar-refractivity contribution in [2.24, 2.45) is 5.73 Å². The first-order valence-corrected chi connectivity index (χ1v) is 6.25. The molecule has 0 heterocycles. The predicted octanol–water partition coefficient (Wildman–Crippen LogP) is 3.87. The van der Waals surface area contributed by atoms with Gasteiger partial charge in [0, 0.05) is 28.9 Å². The molecule has 0 aliphatic carbocycles. The van der Waals surface area contributed by atoms with E-state index in [1.165, 1.54) is 0 Å². The van der Waals surface area contributed by atoms with Gasteiger partial charge in [-0.2, -0.15) is 0 Å². The molecule has 2 aromatic rings. The highest BCUT2D eigenvalue weighted by atomic mass is 35.5. The lowest BCUT2D eigenvalue weighted by Gasteiger charge is -2.19. The maximum Gasteiger partial charge on any atom is 0.161 e. The van der Waals surface area contributed by atoms with Crippen molar-refractivity contribution in [3.05, 3.63) is 64.4 Å². The molecule has 0 saturated carbocycles. The highest BCUT2D eigenvalue weighted by molar-refractivity contribution is 6.30. The van der Waals surface area contributed by atoms with Crippen molar-refractivity contribution in [2.75, 3.05) is 11.9 Å². The number of anilines is 1. The Balaban J connectivity index is 2.28. The SMILES string of the molecule is NCC(Nc1ccc(Cl)cc1)c1cc(F)c(F)cc1F. The van der Waals surface area contributed by atoms with Crippen LogP contribution in [-0.4, -0.2) is 6.54 Å². The van der Waals surface area contributed by atoms with Crippen molar-refractivity contribution in [3.63, 3.8) is 0 Å². The summed E-state index contributed by atoms with van der Waals surface area (Å²) in [4.78, 5) is 0. The van der Waals surface area contributed by atoms with E-state index in [0.29, 0.717) is 16.8 Å². The molecule has 3 N–H and O–H groups in total. The summed E-state index contributed by atoms with van der Waals surface area (Å²) in [6.45, 7) is 0.0185. The number of rotatable bonds is 4. The van der Waals surface area contributed by atoms with Gasteiger partial charge in [-0.15, -0.1) is 0 Å². The van der Waals surface area contributed by atoms with Crippen LogP contribution in [-0.2, 0) is 0 Å². The monoisotopic (exact) mass is 300 g/mol. The van der Waals surface area contributed by atoms with Gasteiger partial charge in [-0.05, 0) is 30.3 Å². The largest absolute Gasteiger partial charge is 0.377 e. The van der Waals surface area contributed by atoms with Crippen molar-refractivity contribution in [3.8, 4) is 0 Å². The first kappa shape index (κ1) is 14.7. The van der Waals surface area contributed by atoms with Crippen LogP contribution in [0, 0.1) is 17.5 Å². The first-order valence-electron chi connectivity index (χ1n) is 5.88. The Hall–Kier alpha value is -1.72. The summed E-state index contributed by atoms with van der Waals surface area (Å²) in [6, 6.07) is 7.32. The Morgan fingerprint density at radius 3 is 2.20 bits per heavy atom. The normalized spacial score (nSPS) is 12.2. The van der Waals surface area contributed by atoms with Crippen molar-refractivity contribution in [2.45, 2.75) is 6.04 Å². The molecule has 0 bridgehead atoms. The maximum absolute atomic E-state index is 13.7. The predicted molar refractivity (Wildman–Crippen MR) is 73.2 cm³/mol. The quantitative estimate of drug-likeness (QED) is 0.841. The van der Waals surface area contributed by atoms with Crippen LogP contribution in [0.1, 0.15) is 11.6 Å². The molecule has 2 rings (SSSR count). The molecule has 106 valence electrons. The van der Waals surface area contributed by atoms with Gasteiger partial charge in [-0.1, -0.05) is 11.6 Å². The number of hydrogen-bond acceptors (Lipinski definition) is 2. The lowest BCUT2D eigenvalue weighted by Crippen LogP contribution is -2.22. The van der Waals surface area contributed by atoms with E-state index in [1.54, 1.807) is 24.3 Å². The molecule has 0 aliphatic heterocycles. The van der Waals surface area contributed by atoms with Gasteiger partial charge in [-0.25, -0.2) is 13.2 Å². The van der Waals surface area contributed by atoms with Gasteiger partial charge < -0.3 is 11.1 Å². The highest BCUT2D eigenvalue weighted by Crippen LogP contribution is 2.24. The average Bonchev–Trinajstić information content (AvgIpc) is 2.43. The van der Waals surface area contributed by atoms with Crippen LogP contribution in [0.5, 0.6) is 0 Å². The smallest absolute Gasteiger partial charge is 0.161 e. The summed E-state index contributed by atoms with van der Waals surface area (Å²) < 4.78 is 39.8. The van der Waals surface area contributed by atoms with Crippen molar-refractivity contribution in [1.82, 2.24) is 0 Å². The summed E-state index contributed by atoms with van der Waals surface area (Å²) in [5, 5.41) is 3.50. The molecule has 0 amide bonds. The third-order valence-corrected chi connectivity index (χ3v) is 3.09. The van der Waals surface area contributed by atoms with E-state index in [9.17, 15) is 13.2 Å². The fourth-order valence-corrected chi connectivity index (χ4v) is 1.94. The number of hydrogen-bond donors (Lipinski definition) is 2. The van der Waals surface area contributed by atoms with Crippen LogP contribution in [0.3, 0.4) is 0 Å². The summed E-state index contributed by atoms with van der Waals surface area (Å²) in [5.41, 5.74) is 6.19. The lowest BCUT2D eigenvalue weighted by atomic mass is 10.1. The fraction of sp³-hybridized carbons (Fsp3) is 0.143. The molecule has 0 aliphatic rings. The molecule has 0 aromatic heterocycles. The van der Waals surface area contributed by atoms with E-state index in [2.05, 4.69) is 5.32 Å². The number of benzene rings is 2. The minimum atomic E-state index is -1.23. The standard InChI is InChI=1S/C14H12ClF3N2/c15-8-1-3-9(4-2-8)20-14(7-19)10-5-12(17)13(18)6-11(10)16/h1-6,14,20H,7,19H2. The van der Waals surface area contributed by atoms with Crippen LogP contribution < -0.4 is 11.1 Å². The Labute approximate surface area is 119 Å². The third-order valence-electron chi connectivity index (χ3n) is 2.84. The first-order chi connectivity index (χ1) is 9.51.